The van der Waals surface area contributed by atoms with Crippen molar-refractivity contribution in [1.29, 1.82) is 0 Å². The van der Waals surface area contributed by atoms with Crippen LogP contribution in [0.1, 0.15) is 37.0 Å². The first-order chi connectivity index (χ1) is 8.36. The Morgan fingerprint density at radius 3 is 2.71 bits per heavy atom. The Kier molecular flexibility index (Phi) is 3.16. The van der Waals surface area contributed by atoms with E-state index in [-0.39, 0.29) is 0 Å². The second kappa shape index (κ2) is 4.78. The summed E-state index contributed by atoms with van der Waals surface area (Å²) < 4.78 is 0. The minimum Gasteiger partial charge on any atom is -0.411 e. The van der Waals surface area contributed by atoms with Crippen molar-refractivity contribution in [2.75, 3.05) is 0 Å². The molecule has 92 valence electrons. The van der Waals surface area contributed by atoms with E-state index in [2.05, 4.69) is 27.6 Å². The summed E-state index contributed by atoms with van der Waals surface area (Å²) >= 11 is 1.84. The number of rotatable bonds is 2. The van der Waals surface area contributed by atoms with E-state index in [4.69, 9.17) is 5.21 Å². The van der Waals surface area contributed by atoms with Gasteiger partial charge in [-0.3, -0.25) is 4.90 Å². The van der Waals surface area contributed by atoms with Crippen LogP contribution in [0.2, 0.25) is 0 Å². The van der Waals surface area contributed by atoms with Gasteiger partial charge in [-0.15, -0.1) is 11.3 Å². The third-order valence-electron chi connectivity index (χ3n) is 4.02. The zero-order valence-electron chi connectivity index (χ0n) is 9.88. The molecular weight excluding hydrogens is 232 g/mol. The summed E-state index contributed by atoms with van der Waals surface area (Å²) in [5.74, 6) is 0. The van der Waals surface area contributed by atoms with Crippen LogP contribution in [0.3, 0.4) is 0 Å². The van der Waals surface area contributed by atoms with E-state index in [0.29, 0.717) is 12.1 Å². The highest BCUT2D eigenvalue weighted by molar-refractivity contribution is 7.09. The summed E-state index contributed by atoms with van der Waals surface area (Å²) in [6, 6.07) is 5.53. The van der Waals surface area contributed by atoms with E-state index in [1.165, 1.54) is 24.1 Å². The van der Waals surface area contributed by atoms with Crippen LogP contribution in [0.5, 0.6) is 0 Å². The quantitative estimate of drug-likeness (QED) is 0.646. The van der Waals surface area contributed by atoms with Crippen molar-refractivity contribution >= 4 is 17.0 Å². The Balaban J connectivity index is 1.76. The molecule has 0 spiro atoms. The van der Waals surface area contributed by atoms with Crippen LogP contribution in [-0.4, -0.2) is 27.9 Å². The molecule has 17 heavy (non-hydrogen) atoms. The maximum absolute atomic E-state index is 8.96. The van der Waals surface area contributed by atoms with Crippen LogP contribution in [0.25, 0.3) is 0 Å². The summed E-state index contributed by atoms with van der Waals surface area (Å²) in [5.41, 5.74) is 1.00. The standard InChI is InChI=1S/C13H18N2OS/c16-14-10-7-11-3-1-4-12(8-10)15(11)9-13-5-2-6-17-13/h2,5-6,11-12,16H,1,3-4,7-9H2/t11-,12+. The van der Waals surface area contributed by atoms with Gasteiger partial charge < -0.3 is 5.21 Å². The highest BCUT2D eigenvalue weighted by Gasteiger charge is 2.36. The summed E-state index contributed by atoms with van der Waals surface area (Å²) in [4.78, 5) is 4.08. The van der Waals surface area contributed by atoms with Crippen LogP contribution in [0.15, 0.2) is 22.7 Å². The number of hydrogen-bond acceptors (Lipinski definition) is 4. The van der Waals surface area contributed by atoms with Gasteiger partial charge in [-0.1, -0.05) is 17.6 Å². The van der Waals surface area contributed by atoms with Crippen molar-refractivity contribution in [3.05, 3.63) is 22.4 Å². The lowest BCUT2D eigenvalue weighted by Crippen LogP contribution is -2.51. The molecule has 0 amide bonds. The molecule has 4 heteroatoms. The topological polar surface area (TPSA) is 35.8 Å². The third kappa shape index (κ3) is 2.24. The summed E-state index contributed by atoms with van der Waals surface area (Å²) in [6.45, 7) is 1.08. The summed E-state index contributed by atoms with van der Waals surface area (Å²) in [5, 5.41) is 14.6. The lowest BCUT2D eigenvalue weighted by molar-refractivity contribution is 0.0679. The Labute approximate surface area is 106 Å². The Morgan fingerprint density at radius 2 is 2.12 bits per heavy atom. The van der Waals surface area contributed by atoms with E-state index in [1.54, 1.807) is 0 Å². The largest absolute Gasteiger partial charge is 0.411 e. The molecule has 2 aliphatic heterocycles. The fourth-order valence-corrected chi connectivity index (χ4v) is 3.92. The number of oxime groups is 1. The van der Waals surface area contributed by atoms with Gasteiger partial charge in [-0.2, -0.15) is 0 Å². The van der Waals surface area contributed by atoms with Gasteiger partial charge >= 0.3 is 0 Å². The normalized spacial score (nSPS) is 31.9. The number of fused-ring (bicyclic) bond motifs is 2. The van der Waals surface area contributed by atoms with Crippen molar-refractivity contribution in [3.63, 3.8) is 0 Å². The van der Waals surface area contributed by atoms with Crippen molar-refractivity contribution in [2.45, 2.75) is 50.7 Å². The molecule has 3 nitrogen and oxygen atoms in total. The number of piperidine rings is 2. The van der Waals surface area contributed by atoms with Gasteiger partial charge in [0.05, 0.1) is 5.71 Å². The average Bonchev–Trinajstić information content (AvgIpc) is 2.81. The maximum atomic E-state index is 8.96. The molecule has 2 fully saturated rings. The fourth-order valence-electron chi connectivity index (χ4n) is 3.21. The van der Waals surface area contributed by atoms with Crippen molar-refractivity contribution in [2.24, 2.45) is 5.16 Å². The number of hydrogen-bond donors (Lipinski definition) is 1. The first kappa shape index (κ1) is 11.2. The molecule has 2 atom stereocenters. The minimum atomic E-state index is 0.593. The smallest absolute Gasteiger partial charge is 0.0601 e. The first-order valence-corrected chi connectivity index (χ1v) is 7.22. The average molecular weight is 250 g/mol. The molecule has 0 radical (unpaired) electrons. The first-order valence-electron chi connectivity index (χ1n) is 6.35. The van der Waals surface area contributed by atoms with E-state index in [9.17, 15) is 0 Å². The van der Waals surface area contributed by atoms with Crippen molar-refractivity contribution < 1.29 is 5.21 Å². The Bertz CT molecular complexity index is 386. The van der Waals surface area contributed by atoms with Gasteiger partial charge in [-0.25, -0.2) is 0 Å². The van der Waals surface area contributed by atoms with Gasteiger partial charge in [-0.05, 0) is 24.3 Å². The SMILES string of the molecule is ON=C1C[C@H]2CCC[C@@H](C1)N2Cc1cccs1. The monoisotopic (exact) mass is 250 g/mol. The Morgan fingerprint density at radius 1 is 1.35 bits per heavy atom. The second-order valence-electron chi connectivity index (χ2n) is 5.06. The minimum absolute atomic E-state index is 0.593. The van der Waals surface area contributed by atoms with Crippen molar-refractivity contribution in [1.82, 2.24) is 4.90 Å². The van der Waals surface area contributed by atoms with Crippen LogP contribution in [-0.2, 0) is 6.54 Å². The van der Waals surface area contributed by atoms with E-state index in [0.717, 1.165) is 25.1 Å². The highest BCUT2D eigenvalue weighted by atomic mass is 32.1. The molecule has 0 aromatic carbocycles. The van der Waals surface area contributed by atoms with E-state index in [1.807, 2.05) is 11.3 Å². The highest BCUT2D eigenvalue weighted by Crippen LogP contribution is 2.34. The summed E-state index contributed by atoms with van der Waals surface area (Å²) in [7, 11) is 0. The predicted molar refractivity (Wildman–Crippen MR) is 69.7 cm³/mol. The molecule has 0 saturated carbocycles. The number of nitrogens with zero attached hydrogens (tertiary/aromatic N) is 2. The molecule has 2 aliphatic rings. The molecule has 2 bridgehead atoms. The molecule has 1 N–H and O–H groups in total. The summed E-state index contributed by atoms with van der Waals surface area (Å²) in [6.07, 6.45) is 5.74. The second-order valence-corrected chi connectivity index (χ2v) is 6.10. The van der Waals surface area contributed by atoms with Crippen molar-refractivity contribution in [3.8, 4) is 0 Å². The zero-order valence-corrected chi connectivity index (χ0v) is 10.7. The van der Waals surface area contributed by atoms with Crippen LogP contribution < -0.4 is 0 Å². The van der Waals surface area contributed by atoms with Gasteiger partial charge in [0.15, 0.2) is 0 Å². The zero-order chi connectivity index (χ0) is 11.7. The predicted octanol–water partition coefficient (Wildman–Crippen LogP) is 3.10. The third-order valence-corrected chi connectivity index (χ3v) is 4.88. The molecule has 1 aromatic heterocycles. The maximum Gasteiger partial charge on any atom is 0.0601 e. The van der Waals surface area contributed by atoms with Crippen LogP contribution >= 0.6 is 11.3 Å². The van der Waals surface area contributed by atoms with Gasteiger partial charge in [0.1, 0.15) is 0 Å². The Hall–Kier alpha value is -0.870. The number of thiophene rings is 1. The molecule has 1 aromatic rings. The molecule has 0 aliphatic carbocycles. The van der Waals surface area contributed by atoms with Crippen LogP contribution in [0, 0.1) is 0 Å². The lowest BCUT2D eigenvalue weighted by atomic mass is 9.83. The van der Waals surface area contributed by atoms with E-state index >= 15 is 0 Å². The van der Waals surface area contributed by atoms with Gasteiger partial charge in [0, 0.05) is 36.3 Å². The molecule has 3 rings (SSSR count). The molecule has 0 unspecified atom stereocenters. The van der Waals surface area contributed by atoms with Gasteiger partial charge in [0.2, 0.25) is 0 Å². The lowest BCUT2D eigenvalue weighted by Gasteiger charge is -2.46. The fraction of sp³-hybridized carbons (Fsp3) is 0.615. The van der Waals surface area contributed by atoms with Crippen LogP contribution in [0.4, 0.5) is 0 Å². The molecule has 3 heterocycles. The molecule has 2 saturated heterocycles. The van der Waals surface area contributed by atoms with Gasteiger partial charge in [0.25, 0.3) is 0 Å². The molecular formula is C13H18N2OS. The van der Waals surface area contributed by atoms with E-state index < -0.39 is 0 Å².